The molecule has 19 heavy (non-hydrogen) atoms. The van der Waals surface area contributed by atoms with E-state index in [1.54, 1.807) is 0 Å². The predicted molar refractivity (Wildman–Crippen MR) is 75.2 cm³/mol. The molecule has 0 saturated carbocycles. The largest absolute Gasteiger partial charge is 0.438 e. The molecule has 0 radical (unpaired) electrons. The molecule has 1 heterocycles. The molecule has 5 heteroatoms. The van der Waals surface area contributed by atoms with E-state index >= 15 is 0 Å². The van der Waals surface area contributed by atoms with Gasteiger partial charge in [-0.2, -0.15) is 4.98 Å². The number of anilines is 1. The number of nitrogens with two attached hydrogens (primary N) is 1. The van der Waals surface area contributed by atoms with Gasteiger partial charge in [-0.25, -0.2) is 10.8 Å². The van der Waals surface area contributed by atoms with Crippen LogP contribution in [-0.4, -0.2) is 9.97 Å². The maximum absolute atomic E-state index is 5.88. The summed E-state index contributed by atoms with van der Waals surface area (Å²) in [5.41, 5.74) is 4.43. The van der Waals surface area contributed by atoms with E-state index in [4.69, 9.17) is 10.6 Å². The Bertz CT molecular complexity index is 584. The topological polar surface area (TPSA) is 73.1 Å². The number of nitrogens with zero attached hydrogens (tertiary/aromatic N) is 2. The molecule has 0 saturated heterocycles. The number of nitrogen functional groups attached to an aromatic ring is 1. The van der Waals surface area contributed by atoms with E-state index in [0.717, 1.165) is 23.3 Å². The Morgan fingerprint density at radius 3 is 2.58 bits per heavy atom. The maximum Gasteiger partial charge on any atom is 0.227 e. The van der Waals surface area contributed by atoms with Crippen molar-refractivity contribution in [1.82, 2.24) is 9.97 Å². The van der Waals surface area contributed by atoms with Crippen LogP contribution < -0.4 is 16.0 Å². The molecule has 0 aliphatic rings. The highest BCUT2D eigenvalue weighted by atomic mass is 16.5. The summed E-state index contributed by atoms with van der Waals surface area (Å²) in [5, 5.41) is 0. The lowest BCUT2D eigenvalue weighted by molar-refractivity contribution is 0.451. The number of hydrogen-bond donors (Lipinski definition) is 2. The normalized spacial score (nSPS) is 10.3. The molecule has 0 spiro atoms. The minimum Gasteiger partial charge on any atom is -0.438 e. The lowest BCUT2D eigenvalue weighted by atomic mass is 10.2. The number of rotatable bonds is 4. The summed E-state index contributed by atoms with van der Waals surface area (Å²) in [6.07, 6.45) is 0.721. The summed E-state index contributed by atoms with van der Waals surface area (Å²) in [6.45, 7) is 5.86. The smallest absolute Gasteiger partial charge is 0.227 e. The number of hydrogen-bond acceptors (Lipinski definition) is 5. The Hall–Kier alpha value is -2.14. The van der Waals surface area contributed by atoms with Gasteiger partial charge in [-0.15, -0.1) is 0 Å². The van der Waals surface area contributed by atoms with Crippen molar-refractivity contribution in [1.29, 1.82) is 0 Å². The second kappa shape index (κ2) is 5.67. The van der Waals surface area contributed by atoms with Gasteiger partial charge < -0.3 is 10.2 Å². The molecular formula is C14H18N4O. The molecule has 5 nitrogen and oxygen atoms in total. The van der Waals surface area contributed by atoms with Crippen LogP contribution in [0.2, 0.25) is 0 Å². The molecule has 0 unspecified atom stereocenters. The van der Waals surface area contributed by atoms with Gasteiger partial charge in [-0.3, -0.25) is 0 Å². The Balaban J connectivity index is 2.42. The fourth-order valence-corrected chi connectivity index (χ4v) is 1.71. The number of hydrazine groups is 1. The SMILES string of the molecule is CCc1nc(NN)c(C)c(Oc2ccccc2C)n1. The Kier molecular flexibility index (Phi) is 3.97. The Labute approximate surface area is 112 Å². The van der Waals surface area contributed by atoms with Crippen LogP contribution in [0.1, 0.15) is 23.9 Å². The zero-order valence-corrected chi connectivity index (χ0v) is 11.4. The molecule has 3 N–H and O–H groups in total. The number of aromatic nitrogens is 2. The molecule has 2 aromatic rings. The van der Waals surface area contributed by atoms with E-state index in [9.17, 15) is 0 Å². The van der Waals surface area contributed by atoms with Crippen molar-refractivity contribution in [2.75, 3.05) is 5.43 Å². The van der Waals surface area contributed by atoms with Crippen molar-refractivity contribution in [3.63, 3.8) is 0 Å². The molecule has 0 atom stereocenters. The second-order valence-corrected chi connectivity index (χ2v) is 4.28. The molecule has 0 aliphatic heterocycles. The second-order valence-electron chi connectivity index (χ2n) is 4.28. The summed E-state index contributed by atoms with van der Waals surface area (Å²) < 4.78 is 5.88. The van der Waals surface area contributed by atoms with Crippen molar-refractivity contribution in [2.24, 2.45) is 5.84 Å². The highest BCUT2D eigenvalue weighted by Gasteiger charge is 2.12. The lowest BCUT2D eigenvalue weighted by Gasteiger charge is -2.13. The highest BCUT2D eigenvalue weighted by Crippen LogP contribution is 2.28. The van der Waals surface area contributed by atoms with Crippen LogP contribution in [0.15, 0.2) is 24.3 Å². The van der Waals surface area contributed by atoms with Crippen LogP contribution in [0.25, 0.3) is 0 Å². The number of aryl methyl sites for hydroxylation is 2. The zero-order chi connectivity index (χ0) is 13.8. The first kappa shape index (κ1) is 13.3. The minimum atomic E-state index is 0.536. The summed E-state index contributed by atoms with van der Waals surface area (Å²) >= 11 is 0. The molecular weight excluding hydrogens is 240 g/mol. The van der Waals surface area contributed by atoms with E-state index in [-0.39, 0.29) is 0 Å². The first-order valence-corrected chi connectivity index (χ1v) is 6.23. The van der Waals surface area contributed by atoms with E-state index in [1.807, 2.05) is 45.0 Å². The van der Waals surface area contributed by atoms with Gasteiger partial charge in [0, 0.05) is 6.42 Å². The van der Waals surface area contributed by atoms with Gasteiger partial charge in [0.2, 0.25) is 5.88 Å². The quantitative estimate of drug-likeness (QED) is 0.651. The van der Waals surface area contributed by atoms with E-state index in [2.05, 4.69) is 15.4 Å². The van der Waals surface area contributed by atoms with Crippen molar-refractivity contribution in [3.8, 4) is 11.6 Å². The zero-order valence-electron chi connectivity index (χ0n) is 11.4. The fourth-order valence-electron chi connectivity index (χ4n) is 1.71. The van der Waals surface area contributed by atoms with E-state index in [1.165, 1.54) is 0 Å². The van der Waals surface area contributed by atoms with Crippen LogP contribution in [0.5, 0.6) is 11.6 Å². The number of nitrogens with one attached hydrogen (secondary N) is 1. The maximum atomic E-state index is 5.88. The molecule has 100 valence electrons. The number of benzene rings is 1. The Morgan fingerprint density at radius 2 is 1.95 bits per heavy atom. The summed E-state index contributed by atoms with van der Waals surface area (Å²) in [4.78, 5) is 8.71. The average Bonchev–Trinajstić information content (AvgIpc) is 2.43. The van der Waals surface area contributed by atoms with Gasteiger partial charge in [0.25, 0.3) is 0 Å². The summed E-state index contributed by atoms with van der Waals surface area (Å²) in [5.74, 6) is 8.08. The predicted octanol–water partition coefficient (Wildman–Crippen LogP) is 2.73. The highest BCUT2D eigenvalue weighted by molar-refractivity contribution is 5.49. The average molecular weight is 258 g/mol. The van der Waals surface area contributed by atoms with Crippen molar-refractivity contribution >= 4 is 5.82 Å². The van der Waals surface area contributed by atoms with Gasteiger partial charge in [0.15, 0.2) is 0 Å². The first-order chi connectivity index (χ1) is 9.15. The van der Waals surface area contributed by atoms with Gasteiger partial charge in [0.1, 0.15) is 17.4 Å². The Morgan fingerprint density at radius 1 is 1.21 bits per heavy atom. The standard InChI is InChI=1S/C14H18N4O/c1-4-12-16-13(18-15)10(3)14(17-12)19-11-8-6-5-7-9(11)2/h5-8H,4,15H2,1-3H3,(H,16,17,18). The third-order valence-corrected chi connectivity index (χ3v) is 2.90. The molecule has 0 aliphatic carbocycles. The monoisotopic (exact) mass is 258 g/mol. The summed E-state index contributed by atoms with van der Waals surface area (Å²) in [6, 6.07) is 7.81. The van der Waals surface area contributed by atoms with Crippen molar-refractivity contribution in [3.05, 3.63) is 41.2 Å². The van der Waals surface area contributed by atoms with Crippen LogP contribution in [0, 0.1) is 13.8 Å². The van der Waals surface area contributed by atoms with Crippen LogP contribution >= 0.6 is 0 Å². The van der Waals surface area contributed by atoms with Crippen LogP contribution in [0.3, 0.4) is 0 Å². The minimum absolute atomic E-state index is 0.536. The molecule has 2 rings (SSSR count). The summed E-state index contributed by atoms with van der Waals surface area (Å²) in [7, 11) is 0. The third-order valence-electron chi connectivity index (χ3n) is 2.90. The lowest BCUT2D eigenvalue weighted by Crippen LogP contribution is -2.13. The number of para-hydroxylation sites is 1. The third kappa shape index (κ3) is 2.82. The van der Waals surface area contributed by atoms with Crippen LogP contribution in [-0.2, 0) is 6.42 Å². The molecule has 0 amide bonds. The van der Waals surface area contributed by atoms with Crippen LogP contribution in [0.4, 0.5) is 5.82 Å². The van der Waals surface area contributed by atoms with E-state index < -0.39 is 0 Å². The van der Waals surface area contributed by atoms with Gasteiger partial charge in [-0.05, 0) is 25.5 Å². The molecule has 1 aromatic heterocycles. The van der Waals surface area contributed by atoms with Gasteiger partial charge in [-0.1, -0.05) is 25.1 Å². The van der Waals surface area contributed by atoms with Gasteiger partial charge >= 0.3 is 0 Å². The van der Waals surface area contributed by atoms with Gasteiger partial charge in [0.05, 0.1) is 5.56 Å². The fraction of sp³-hybridized carbons (Fsp3) is 0.286. The van der Waals surface area contributed by atoms with E-state index in [0.29, 0.717) is 17.5 Å². The van der Waals surface area contributed by atoms with Crippen molar-refractivity contribution < 1.29 is 4.74 Å². The number of ether oxygens (including phenoxy) is 1. The molecule has 0 fully saturated rings. The van der Waals surface area contributed by atoms with Crippen molar-refractivity contribution in [2.45, 2.75) is 27.2 Å². The molecule has 0 bridgehead atoms. The first-order valence-electron chi connectivity index (χ1n) is 6.23. The molecule has 1 aromatic carbocycles.